The minimum absolute atomic E-state index is 0.0179. The molecule has 1 rings (SSSR count). The molecule has 3 atom stereocenters. The van der Waals surface area contributed by atoms with Crippen molar-refractivity contribution in [3.05, 3.63) is 23.8 Å². The number of phenolic OH excluding ortho intramolecular Hbond substituents is 1. The second kappa shape index (κ2) is 12.2. The molecule has 0 heterocycles. The molecule has 0 aliphatic rings. The Labute approximate surface area is 204 Å². The number of carbonyl (C=O) groups is 3. The van der Waals surface area contributed by atoms with Crippen LogP contribution in [0.2, 0.25) is 0 Å². The van der Waals surface area contributed by atoms with Gasteiger partial charge < -0.3 is 26.2 Å². The van der Waals surface area contributed by atoms with Crippen molar-refractivity contribution < 1.29 is 24.2 Å². The summed E-state index contributed by atoms with van der Waals surface area (Å²) in [5, 5.41) is 15.9. The van der Waals surface area contributed by atoms with Crippen LogP contribution in [0.1, 0.15) is 80.2 Å². The van der Waals surface area contributed by atoms with Crippen LogP contribution in [0, 0.1) is 11.3 Å². The molecule has 34 heavy (non-hydrogen) atoms. The molecule has 0 bridgehead atoms. The van der Waals surface area contributed by atoms with E-state index in [-0.39, 0.29) is 47.4 Å². The van der Waals surface area contributed by atoms with E-state index in [2.05, 4.69) is 38.3 Å². The summed E-state index contributed by atoms with van der Waals surface area (Å²) in [7, 11) is 0. The quantitative estimate of drug-likeness (QED) is 0.366. The second-order valence-corrected chi connectivity index (χ2v) is 11.2. The van der Waals surface area contributed by atoms with Crippen molar-refractivity contribution in [1.29, 1.82) is 0 Å². The predicted molar refractivity (Wildman–Crippen MR) is 135 cm³/mol. The number of nitrogens with one attached hydrogen (secondary N) is 2. The van der Waals surface area contributed by atoms with E-state index in [0.717, 1.165) is 12.0 Å². The van der Waals surface area contributed by atoms with Crippen molar-refractivity contribution in [2.75, 3.05) is 5.32 Å². The first-order valence-electron chi connectivity index (χ1n) is 11.9. The first-order valence-corrected chi connectivity index (χ1v) is 11.9. The van der Waals surface area contributed by atoms with Gasteiger partial charge in [-0.05, 0) is 69.6 Å². The summed E-state index contributed by atoms with van der Waals surface area (Å²) >= 11 is 0. The summed E-state index contributed by atoms with van der Waals surface area (Å²) < 4.78 is 5.45. The van der Waals surface area contributed by atoms with Gasteiger partial charge in [-0.15, -0.1) is 0 Å². The topological polar surface area (TPSA) is 131 Å². The highest BCUT2D eigenvalue weighted by Crippen LogP contribution is 2.31. The van der Waals surface area contributed by atoms with Gasteiger partial charge in [0.25, 0.3) is 0 Å². The van der Waals surface area contributed by atoms with Crippen LogP contribution in [0.15, 0.2) is 18.2 Å². The van der Waals surface area contributed by atoms with Crippen LogP contribution in [0.25, 0.3) is 0 Å². The Morgan fingerprint density at radius 1 is 1.06 bits per heavy atom. The summed E-state index contributed by atoms with van der Waals surface area (Å²) in [5.41, 5.74) is 6.08. The van der Waals surface area contributed by atoms with Crippen molar-refractivity contribution >= 4 is 23.5 Å². The standard InChI is InChI=1S/C26H43N3O5/c1-16(25(3,4)5)13-19(28-24(33)34-26(6,7)8)14-18-9-10-22(31)20(15-18)29-23(32)12-11-21(30)17(2)27/h9-10,15-17,19,31H,11-14,27H2,1-8H3,(H,28,33)(H,29,32)/t16?,17?,19-/m1/s1. The number of anilines is 1. The summed E-state index contributed by atoms with van der Waals surface area (Å²) in [6, 6.07) is 4.13. The van der Waals surface area contributed by atoms with E-state index in [9.17, 15) is 19.5 Å². The predicted octanol–water partition coefficient (Wildman–Crippen LogP) is 4.54. The molecule has 0 aliphatic carbocycles. The third-order valence-corrected chi connectivity index (χ3v) is 5.76. The number of nitrogens with two attached hydrogens (primary N) is 1. The highest BCUT2D eigenvalue weighted by molar-refractivity contribution is 5.95. The molecule has 0 fully saturated rings. The molecule has 0 radical (unpaired) electrons. The van der Waals surface area contributed by atoms with Gasteiger partial charge in [-0.1, -0.05) is 33.8 Å². The van der Waals surface area contributed by atoms with E-state index in [1.165, 1.54) is 6.07 Å². The molecule has 0 saturated carbocycles. The van der Waals surface area contributed by atoms with Crippen molar-refractivity contribution in [3.63, 3.8) is 0 Å². The molecule has 0 aromatic heterocycles. The molecule has 0 aliphatic heterocycles. The number of hydrogen-bond acceptors (Lipinski definition) is 6. The minimum atomic E-state index is -0.616. The maximum atomic E-state index is 12.5. The number of carbonyl (C=O) groups excluding carboxylic acids is 3. The van der Waals surface area contributed by atoms with Crippen molar-refractivity contribution in [1.82, 2.24) is 5.32 Å². The Bertz CT molecular complexity index is 853. The first kappa shape index (κ1) is 29.4. The van der Waals surface area contributed by atoms with Gasteiger partial charge in [-0.3, -0.25) is 9.59 Å². The largest absolute Gasteiger partial charge is 0.506 e. The van der Waals surface area contributed by atoms with Gasteiger partial charge in [0.2, 0.25) is 5.91 Å². The third kappa shape index (κ3) is 11.0. The lowest BCUT2D eigenvalue weighted by Gasteiger charge is -2.32. The number of amides is 2. The van der Waals surface area contributed by atoms with Crippen LogP contribution in [0.3, 0.4) is 0 Å². The molecule has 1 aromatic rings. The van der Waals surface area contributed by atoms with E-state index in [0.29, 0.717) is 12.3 Å². The summed E-state index contributed by atoms with van der Waals surface area (Å²) in [5.74, 6) is -0.343. The van der Waals surface area contributed by atoms with Gasteiger partial charge in [-0.2, -0.15) is 0 Å². The fourth-order valence-electron chi connectivity index (χ4n) is 3.22. The maximum Gasteiger partial charge on any atom is 0.407 e. The first-order chi connectivity index (χ1) is 15.5. The lowest BCUT2D eigenvalue weighted by atomic mass is 9.78. The van der Waals surface area contributed by atoms with Crippen LogP contribution in [-0.4, -0.2) is 40.6 Å². The molecule has 2 amide bonds. The van der Waals surface area contributed by atoms with Crippen LogP contribution in [-0.2, 0) is 20.7 Å². The Kier molecular flexibility index (Phi) is 10.6. The van der Waals surface area contributed by atoms with Crippen molar-refractivity contribution in [2.45, 2.75) is 98.8 Å². The zero-order valence-corrected chi connectivity index (χ0v) is 22.0. The third-order valence-electron chi connectivity index (χ3n) is 5.76. The Balaban J connectivity index is 2.98. The smallest absolute Gasteiger partial charge is 0.407 e. The molecule has 0 spiro atoms. The molecule has 5 N–H and O–H groups in total. The van der Waals surface area contributed by atoms with E-state index < -0.39 is 17.7 Å². The zero-order chi connectivity index (χ0) is 26.3. The Morgan fingerprint density at radius 2 is 1.68 bits per heavy atom. The molecular weight excluding hydrogens is 434 g/mol. The molecule has 192 valence electrons. The number of Topliss-reactive ketones (excluding diaryl/α,β-unsaturated/α-hetero) is 1. The number of ether oxygens (including phenoxy) is 1. The summed E-state index contributed by atoms with van der Waals surface area (Å²) in [6.45, 7) is 15.7. The normalized spacial score (nSPS) is 14.6. The fraction of sp³-hybridized carbons (Fsp3) is 0.654. The highest BCUT2D eigenvalue weighted by atomic mass is 16.6. The number of phenols is 1. The second-order valence-electron chi connectivity index (χ2n) is 11.2. The van der Waals surface area contributed by atoms with E-state index in [1.54, 1.807) is 19.1 Å². The molecule has 1 aromatic carbocycles. The molecule has 2 unspecified atom stereocenters. The lowest BCUT2D eigenvalue weighted by molar-refractivity contribution is -0.123. The number of benzene rings is 1. The number of rotatable bonds is 10. The van der Waals surface area contributed by atoms with Crippen molar-refractivity contribution in [3.8, 4) is 5.75 Å². The van der Waals surface area contributed by atoms with Gasteiger partial charge in [0, 0.05) is 18.9 Å². The molecular formula is C26H43N3O5. The summed E-state index contributed by atoms with van der Waals surface area (Å²) in [4.78, 5) is 36.4. The summed E-state index contributed by atoms with van der Waals surface area (Å²) in [6.07, 6.45) is 0.758. The lowest BCUT2D eigenvalue weighted by Crippen LogP contribution is -2.42. The van der Waals surface area contributed by atoms with E-state index >= 15 is 0 Å². The maximum absolute atomic E-state index is 12.5. The molecule has 8 nitrogen and oxygen atoms in total. The number of aromatic hydroxyl groups is 1. The average molecular weight is 478 g/mol. The number of ketones is 1. The Morgan fingerprint density at radius 3 is 2.21 bits per heavy atom. The average Bonchev–Trinajstić information content (AvgIpc) is 2.66. The van der Waals surface area contributed by atoms with Gasteiger partial charge in [0.15, 0.2) is 0 Å². The molecule has 8 heteroatoms. The SMILES string of the molecule is CC(N)C(=O)CCC(=O)Nc1cc(C[C@@H](CC(C)C(C)(C)C)NC(=O)OC(C)(C)C)ccc1O. The van der Waals surface area contributed by atoms with Gasteiger partial charge >= 0.3 is 6.09 Å². The van der Waals surface area contributed by atoms with Crippen LogP contribution < -0.4 is 16.4 Å². The minimum Gasteiger partial charge on any atom is -0.506 e. The monoisotopic (exact) mass is 477 g/mol. The highest BCUT2D eigenvalue weighted by Gasteiger charge is 2.26. The fourth-order valence-corrected chi connectivity index (χ4v) is 3.22. The number of hydrogen-bond donors (Lipinski definition) is 4. The van der Waals surface area contributed by atoms with Crippen LogP contribution in [0.5, 0.6) is 5.75 Å². The van der Waals surface area contributed by atoms with Gasteiger partial charge in [0.1, 0.15) is 17.1 Å². The number of alkyl carbamates (subject to hydrolysis) is 1. The van der Waals surface area contributed by atoms with Crippen LogP contribution in [0.4, 0.5) is 10.5 Å². The molecule has 0 saturated heterocycles. The zero-order valence-electron chi connectivity index (χ0n) is 22.0. The van der Waals surface area contributed by atoms with Crippen LogP contribution >= 0.6 is 0 Å². The van der Waals surface area contributed by atoms with E-state index in [1.807, 2.05) is 20.8 Å². The van der Waals surface area contributed by atoms with Crippen molar-refractivity contribution in [2.24, 2.45) is 17.1 Å². The van der Waals surface area contributed by atoms with Gasteiger partial charge in [0.05, 0.1) is 11.7 Å². The Hall–Kier alpha value is -2.61. The van der Waals surface area contributed by atoms with E-state index in [4.69, 9.17) is 10.5 Å². The van der Waals surface area contributed by atoms with Gasteiger partial charge in [-0.25, -0.2) is 4.79 Å².